The van der Waals surface area contributed by atoms with Crippen molar-refractivity contribution in [1.82, 2.24) is 10.2 Å². The van der Waals surface area contributed by atoms with Crippen molar-refractivity contribution in [2.24, 2.45) is 0 Å². The van der Waals surface area contributed by atoms with Gasteiger partial charge in [-0.15, -0.1) is 0 Å². The number of hydrogen-bond donors (Lipinski definition) is 1. The van der Waals surface area contributed by atoms with Gasteiger partial charge in [0, 0.05) is 18.6 Å². The Balaban J connectivity index is 1.81. The summed E-state index contributed by atoms with van der Waals surface area (Å²) in [6, 6.07) is 1.66. The average Bonchev–Trinajstić information content (AvgIpc) is 2.67. The highest BCUT2D eigenvalue weighted by atomic mass is 15.2. The molecule has 1 aliphatic carbocycles. The lowest BCUT2D eigenvalue weighted by molar-refractivity contribution is 0.173. The van der Waals surface area contributed by atoms with Crippen LogP contribution in [0.5, 0.6) is 0 Å². The Morgan fingerprint density at radius 2 is 1.75 bits per heavy atom. The quantitative estimate of drug-likeness (QED) is 0.739. The Morgan fingerprint density at radius 3 is 2.31 bits per heavy atom. The third-order valence-electron chi connectivity index (χ3n) is 4.36. The Morgan fingerprint density at radius 1 is 1.00 bits per heavy atom. The zero-order chi connectivity index (χ0) is 11.2. The Bertz CT molecular complexity index is 179. The summed E-state index contributed by atoms with van der Waals surface area (Å²) in [4.78, 5) is 2.74. The first-order valence-corrected chi connectivity index (χ1v) is 7.37. The van der Waals surface area contributed by atoms with E-state index in [1.807, 2.05) is 0 Å². The smallest absolute Gasteiger partial charge is 0.0195 e. The van der Waals surface area contributed by atoms with Gasteiger partial charge in [0.25, 0.3) is 0 Å². The lowest BCUT2D eigenvalue weighted by Crippen LogP contribution is -2.43. The number of rotatable bonds is 4. The molecule has 0 bridgehead atoms. The van der Waals surface area contributed by atoms with Gasteiger partial charge in [-0.2, -0.15) is 0 Å². The van der Waals surface area contributed by atoms with Crippen molar-refractivity contribution in [2.45, 2.75) is 70.4 Å². The second-order valence-electron chi connectivity index (χ2n) is 5.53. The van der Waals surface area contributed by atoms with Crippen LogP contribution < -0.4 is 5.32 Å². The van der Waals surface area contributed by atoms with E-state index in [1.54, 1.807) is 0 Å². The maximum Gasteiger partial charge on any atom is 0.0195 e. The molecule has 2 fully saturated rings. The average molecular weight is 224 g/mol. The maximum atomic E-state index is 3.63. The van der Waals surface area contributed by atoms with Crippen molar-refractivity contribution >= 4 is 0 Å². The van der Waals surface area contributed by atoms with Crippen LogP contribution in [0.2, 0.25) is 0 Å². The van der Waals surface area contributed by atoms with Crippen molar-refractivity contribution in [3.63, 3.8) is 0 Å². The minimum Gasteiger partial charge on any atom is -0.313 e. The van der Waals surface area contributed by atoms with Gasteiger partial charge in [-0.3, -0.25) is 4.90 Å². The molecule has 16 heavy (non-hydrogen) atoms. The van der Waals surface area contributed by atoms with Crippen LogP contribution in [0.3, 0.4) is 0 Å². The molecule has 1 saturated carbocycles. The third kappa shape index (κ3) is 3.46. The molecule has 0 aromatic carbocycles. The van der Waals surface area contributed by atoms with Crippen LogP contribution in [0, 0.1) is 0 Å². The first kappa shape index (κ1) is 12.4. The van der Waals surface area contributed by atoms with E-state index in [-0.39, 0.29) is 0 Å². The minimum atomic E-state index is 0.781. The van der Waals surface area contributed by atoms with Gasteiger partial charge in [0.15, 0.2) is 0 Å². The van der Waals surface area contributed by atoms with E-state index in [0.29, 0.717) is 0 Å². The number of nitrogens with one attached hydrogen (secondary N) is 1. The summed E-state index contributed by atoms with van der Waals surface area (Å²) in [5.74, 6) is 0. The Kier molecular flexibility index (Phi) is 5.11. The van der Waals surface area contributed by atoms with Crippen LogP contribution in [0.15, 0.2) is 0 Å². The molecule has 1 N–H and O–H groups in total. The van der Waals surface area contributed by atoms with E-state index in [9.17, 15) is 0 Å². The highest BCUT2D eigenvalue weighted by Gasteiger charge is 2.23. The Labute approximate surface area is 101 Å². The minimum absolute atomic E-state index is 0.781. The van der Waals surface area contributed by atoms with Gasteiger partial charge >= 0.3 is 0 Å². The van der Waals surface area contributed by atoms with Crippen LogP contribution >= 0.6 is 0 Å². The number of likely N-dealkylation sites (N-methyl/N-ethyl adjacent to an activating group) is 1. The van der Waals surface area contributed by atoms with E-state index < -0.39 is 0 Å². The second kappa shape index (κ2) is 6.61. The van der Waals surface area contributed by atoms with Gasteiger partial charge in [-0.1, -0.05) is 32.6 Å². The zero-order valence-electron chi connectivity index (χ0n) is 10.9. The molecule has 0 amide bonds. The summed E-state index contributed by atoms with van der Waals surface area (Å²) < 4.78 is 0. The molecular formula is C14H28N2. The summed E-state index contributed by atoms with van der Waals surface area (Å²) >= 11 is 0. The number of nitrogens with zero attached hydrogens (tertiary/aromatic N) is 1. The topological polar surface area (TPSA) is 15.3 Å². The predicted molar refractivity (Wildman–Crippen MR) is 69.8 cm³/mol. The molecule has 2 rings (SSSR count). The van der Waals surface area contributed by atoms with Crippen LogP contribution in [0.25, 0.3) is 0 Å². The van der Waals surface area contributed by atoms with Crippen LogP contribution in [-0.4, -0.2) is 36.6 Å². The Hall–Kier alpha value is -0.0800. The highest BCUT2D eigenvalue weighted by Crippen LogP contribution is 2.22. The molecule has 0 aromatic rings. The molecule has 0 spiro atoms. The fourth-order valence-electron chi connectivity index (χ4n) is 3.35. The molecule has 1 heterocycles. The molecule has 2 aliphatic rings. The first-order chi connectivity index (χ1) is 7.90. The van der Waals surface area contributed by atoms with Gasteiger partial charge in [0.2, 0.25) is 0 Å². The van der Waals surface area contributed by atoms with E-state index in [4.69, 9.17) is 0 Å². The molecule has 2 heteroatoms. The molecule has 1 saturated heterocycles. The van der Waals surface area contributed by atoms with Gasteiger partial charge < -0.3 is 5.32 Å². The molecule has 0 radical (unpaired) electrons. The molecule has 1 aliphatic heterocycles. The largest absolute Gasteiger partial charge is 0.313 e. The van der Waals surface area contributed by atoms with Gasteiger partial charge in [-0.05, 0) is 38.8 Å². The third-order valence-corrected chi connectivity index (χ3v) is 4.36. The summed E-state index contributed by atoms with van der Waals surface area (Å²) in [5, 5.41) is 3.63. The highest BCUT2D eigenvalue weighted by molar-refractivity contribution is 4.81. The fraction of sp³-hybridized carbons (Fsp3) is 1.00. The maximum absolute atomic E-state index is 3.63. The van der Waals surface area contributed by atoms with Crippen molar-refractivity contribution < 1.29 is 0 Å². The predicted octanol–water partition coefficient (Wildman–Crippen LogP) is 2.78. The molecule has 94 valence electrons. The summed E-state index contributed by atoms with van der Waals surface area (Å²) in [6.45, 7) is 6.11. The molecular weight excluding hydrogens is 196 g/mol. The number of hydrogen-bond acceptors (Lipinski definition) is 2. The zero-order valence-corrected chi connectivity index (χ0v) is 10.9. The monoisotopic (exact) mass is 224 g/mol. The molecule has 0 aromatic heterocycles. The lowest BCUT2D eigenvalue weighted by Gasteiger charge is -2.32. The van der Waals surface area contributed by atoms with Crippen LogP contribution in [0.1, 0.15) is 58.3 Å². The van der Waals surface area contributed by atoms with Crippen molar-refractivity contribution in [3.05, 3.63) is 0 Å². The summed E-state index contributed by atoms with van der Waals surface area (Å²) in [7, 11) is 0. The normalized spacial score (nSPS) is 28.5. The second-order valence-corrected chi connectivity index (χ2v) is 5.53. The summed E-state index contributed by atoms with van der Waals surface area (Å²) in [6.07, 6.45) is 11.5. The van der Waals surface area contributed by atoms with E-state index in [1.165, 1.54) is 71.0 Å². The van der Waals surface area contributed by atoms with Crippen molar-refractivity contribution in [1.29, 1.82) is 0 Å². The molecule has 1 atom stereocenters. The van der Waals surface area contributed by atoms with Gasteiger partial charge in [0.1, 0.15) is 0 Å². The van der Waals surface area contributed by atoms with Gasteiger partial charge in [0.05, 0.1) is 0 Å². The van der Waals surface area contributed by atoms with Crippen LogP contribution in [-0.2, 0) is 0 Å². The first-order valence-electron chi connectivity index (χ1n) is 7.37. The van der Waals surface area contributed by atoms with Crippen LogP contribution in [0.4, 0.5) is 0 Å². The summed E-state index contributed by atoms with van der Waals surface area (Å²) in [5.41, 5.74) is 0. The van der Waals surface area contributed by atoms with E-state index >= 15 is 0 Å². The molecule has 1 unspecified atom stereocenters. The SMILES string of the molecule is CCN(CC1CCCN1)C1CCCCCC1. The van der Waals surface area contributed by atoms with Crippen molar-refractivity contribution in [2.75, 3.05) is 19.6 Å². The lowest BCUT2D eigenvalue weighted by atomic mass is 10.1. The molecule has 2 nitrogen and oxygen atoms in total. The fourth-order valence-corrected chi connectivity index (χ4v) is 3.35. The van der Waals surface area contributed by atoms with Gasteiger partial charge in [-0.25, -0.2) is 0 Å². The standard InChI is InChI=1S/C14H28N2/c1-2-16(12-13-8-7-11-15-13)14-9-5-3-4-6-10-14/h13-15H,2-12H2,1H3. The van der Waals surface area contributed by atoms with E-state index in [0.717, 1.165) is 12.1 Å². The van der Waals surface area contributed by atoms with Crippen molar-refractivity contribution in [3.8, 4) is 0 Å². The van der Waals surface area contributed by atoms with E-state index in [2.05, 4.69) is 17.1 Å².